The molecule has 0 aromatic carbocycles. The maximum absolute atomic E-state index is 10.7. The van der Waals surface area contributed by atoms with Crippen molar-refractivity contribution in [3.05, 3.63) is 0 Å². The van der Waals surface area contributed by atoms with Gasteiger partial charge in [-0.1, -0.05) is 0 Å². The van der Waals surface area contributed by atoms with Gasteiger partial charge in [0.1, 0.15) is 6.61 Å². The molecule has 3 heteroatoms. The molecule has 0 aliphatic carbocycles. The summed E-state index contributed by atoms with van der Waals surface area (Å²) in [4.78, 5) is 13.1. The van der Waals surface area contributed by atoms with Gasteiger partial charge >= 0.3 is 5.97 Å². The average Bonchev–Trinajstić information content (AvgIpc) is 2.17. The molecular formula is C10H17NO2. The van der Waals surface area contributed by atoms with Gasteiger partial charge < -0.3 is 4.74 Å². The Labute approximate surface area is 79.0 Å². The quantitative estimate of drug-likeness (QED) is 0.599. The molecule has 0 spiro atoms. The smallest absolute Gasteiger partial charge is 0.302 e. The van der Waals surface area contributed by atoms with Crippen LogP contribution in [0.5, 0.6) is 0 Å². The number of ether oxygens (including phenoxy) is 1. The predicted octanol–water partition coefficient (Wildman–Crippen LogP) is 1.03. The Kier molecular flexibility index (Phi) is 2.54. The molecule has 13 heavy (non-hydrogen) atoms. The average molecular weight is 183 g/mol. The van der Waals surface area contributed by atoms with Crippen LogP contribution in [0.15, 0.2) is 0 Å². The number of piperidine rings is 3. The van der Waals surface area contributed by atoms with Crippen molar-refractivity contribution < 1.29 is 9.53 Å². The van der Waals surface area contributed by atoms with Crippen molar-refractivity contribution in [3.63, 3.8) is 0 Å². The maximum atomic E-state index is 10.7. The van der Waals surface area contributed by atoms with Gasteiger partial charge in [0.25, 0.3) is 0 Å². The highest BCUT2D eigenvalue weighted by atomic mass is 16.5. The molecule has 1 unspecified atom stereocenters. The van der Waals surface area contributed by atoms with Gasteiger partial charge in [-0.2, -0.15) is 0 Å². The van der Waals surface area contributed by atoms with Crippen molar-refractivity contribution >= 4 is 5.97 Å². The molecule has 3 saturated heterocycles. The van der Waals surface area contributed by atoms with Gasteiger partial charge in [0.15, 0.2) is 0 Å². The van der Waals surface area contributed by atoms with Crippen LogP contribution in [0, 0.1) is 5.92 Å². The monoisotopic (exact) mass is 183 g/mol. The Morgan fingerprint density at radius 3 is 2.62 bits per heavy atom. The first-order chi connectivity index (χ1) is 6.25. The zero-order valence-corrected chi connectivity index (χ0v) is 8.16. The molecule has 3 rings (SSSR count). The number of nitrogens with zero attached hydrogens (tertiary/aromatic N) is 1. The molecule has 3 nitrogen and oxygen atoms in total. The van der Waals surface area contributed by atoms with Crippen molar-refractivity contribution in [2.24, 2.45) is 5.92 Å². The molecule has 0 aromatic rings. The number of esters is 1. The molecule has 3 heterocycles. The lowest BCUT2D eigenvalue weighted by atomic mass is 9.84. The Morgan fingerprint density at radius 1 is 1.46 bits per heavy atom. The van der Waals surface area contributed by atoms with Crippen LogP contribution in [0.2, 0.25) is 0 Å². The summed E-state index contributed by atoms with van der Waals surface area (Å²) >= 11 is 0. The lowest BCUT2D eigenvalue weighted by Gasteiger charge is -2.44. The third-order valence-electron chi connectivity index (χ3n) is 3.25. The Bertz CT molecular complexity index is 197. The molecule has 3 aliphatic heterocycles. The van der Waals surface area contributed by atoms with Crippen LogP contribution in [0.3, 0.4) is 0 Å². The van der Waals surface area contributed by atoms with Crippen LogP contribution < -0.4 is 0 Å². The van der Waals surface area contributed by atoms with E-state index in [2.05, 4.69) is 4.90 Å². The van der Waals surface area contributed by atoms with E-state index in [1.807, 2.05) is 0 Å². The van der Waals surface area contributed by atoms with Gasteiger partial charge in [-0.3, -0.25) is 9.69 Å². The van der Waals surface area contributed by atoms with Gasteiger partial charge in [-0.05, 0) is 38.3 Å². The first-order valence-corrected chi connectivity index (χ1v) is 5.13. The highest BCUT2D eigenvalue weighted by Crippen LogP contribution is 2.31. The van der Waals surface area contributed by atoms with Crippen LogP contribution in [0.4, 0.5) is 0 Å². The molecule has 0 aromatic heterocycles. The van der Waals surface area contributed by atoms with Crippen LogP contribution in [-0.2, 0) is 9.53 Å². The minimum absolute atomic E-state index is 0.150. The number of rotatable bonds is 2. The van der Waals surface area contributed by atoms with Crippen LogP contribution in [0.1, 0.15) is 26.2 Å². The summed E-state index contributed by atoms with van der Waals surface area (Å²) in [5.41, 5.74) is 0. The SMILES string of the molecule is CC(=O)OCC1CC2CCN1CC2. The summed E-state index contributed by atoms with van der Waals surface area (Å²) in [7, 11) is 0. The van der Waals surface area contributed by atoms with E-state index in [0.717, 1.165) is 5.92 Å². The fraction of sp³-hybridized carbons (Fsp3) is 0.900. The summed E-state index contributed by atoms with van der Waals surface area (Å²) in [5, 5.41) is 0. The summed E-state index contributed by atoms with van der Waals surface area (Å²) in [6.07, 6.45) is 3.92. The minimum atomic E-state index is -0.150. The lowest BCUT2D eigenvalue weighted by Crippen LogP contribution is -2.50. The van der Waals surface area contributed by atoms with E-state index in [0.29, 0.717) is 12.6 Å². The first kappa shape index (κ1) is 9.00. The summed E-state index contributed by atoms with van der Waals surface area (Å²) in [6, 6.07) is 0.511. The first-order valence-electron chi connectivity index (χ1n) is 5.13. The van der Waals surface area contributed by atoms with Crippen molar-refractivity contribution in [3.8, 4) is 0 Å². The molecule has 0 amide bonds. The third-order valence-corrected chi connectivity index (χ3v) is 3.25. The Balaban J connectivity index is 1.83. The number of carbonyl (C=O) groups is 1. The standard InChI is InChI=1S/C10H17NO2/c1-8(12)13-7-10-6-9-2-4-11(10)5-3-9/h9-10H,2-7H2,1H3. The van der Waals surface area contributed by atoms with Gasteiger partial charge in [0.05, 0.1) is 0 Å². The highest BCUT2D eigenvalue weighted by Gasteiger charge is 2.33. The molecular weight excluding hydrogens is 166 g/mol. The maximum Gasteiger partial charge on any atom is 0.302 e. The van der Waals surface area contributed by atoms with Crippen LogP contribution in [-0.4, -0.2) is 36.6 Å². The van der Waals surface area contributed by atoms with Gasteiger partial charge in [-0.15, -0.1) is 0 Å². The van der Waals surface area contributed by atoms with E-state index in [-0.39, 0.29) is 5.97 Å². The summed E-state index contributed by atoms with van der Waals surface area (Å²) in [6.45, 7) is 4.50. The lowest BCUT2D eigenvalue weighted by molar-refractivity contribution is -0.144. The number of carbonyl (C=O) groups excluding carboxylic acids is 1. The minimum Gasteiger partial charge on any atom is -0.464 e. The van der Waals surface area contributed by atoms with E-state index in [1.165, 1.54) is 39.3 Å². The van der Waals surface area contributed by atoms with E-state index in [9.17, 15) is 4.79 Å². The molecule has 0 N–H and O–H groups in total. The van der Waals surface area contributed by atoms with Crippen LogP contribution >= 0.6 is 0 Å². The number of hydrogen-bond donors (Lipinski definition) is 0. The van der Waals surface area contributed by atoms with E-state index in [4.69, 9.17) is 4.74 Å². The zero-order chi connectivity index (χ0) is 9.26. The summed E-state index contributed by atoms with van der Waals surface area (Å²) in [5.74, 6) is 0.744. The fourth-order valence-electron chi connectivity index (χ4n) is 2.47. The molecule has 3 fully saturated rings. The molecule has 0 saturated carbocycles. The predicted molar refractivity (Wildman–Crippen MR) is 49.3 cm³/mol. The van der Waals surface area contributed by atoms with Gasteiger partial charge in [0, 0.05) is 13.0 Å². The normalized spacial score (nSPS) is 37.5. The molecule has 1 atom stereocenters. The topological polar surface area (TPSA) is 29.5 Å². The van der Waals surface area contributed by atoms with Crippen LogP contribution in [0.25, 0.3) is 0 Å². The van der Waals surface area contributed by atoms with E-state index >= 15 is 0 Å². The van der Waals surface area contributed by atoms with Crippen molar-refractivity contribution in [2.75, 3.05) is 19.7 Å². The van der Waals surface area contributed by atoms with E-state index < -0.39 is 0 Å². The largest absolute Gasteiger partial charge is 0.464 e. The Hall–Kier alpha value is -0.570. The van der Waals surface area contributed by atoms with Crippen molar-refractivity contribution in [1.29, 1.82) is 0 Å². The zero-order valence-electron chi connectivity index (χ0n) is 8.16. The fourth-order valence-corrected chi connectivity index (χ4v) is 2.47. The van der Waals surface area contributed by atoms with E-state index in [1.54, 1.807) is 0 Å². The van der Waals surface area contributed by atoms with Crippen molar-refractivity contribution in [2.45, 2.75) is 32.2 Å². The van der Waals surface area contributed by atoms with Crippen molar-refractivity contribution in [1.82, 2.24) is 4.90 Å². The molecule has 0 radical (unpaired) electrons. The third kappa shape index (κ3) is 2.02. The van der Waals surface area contributed by atoms with Gasteiger partial charge in [-0.25, -0.2) is 0 Å². The molecule has 74 valence electrons. The summed E-state index contributed by atoms with van der Waals surface area (Å²) < 4.78 is 5.05. The highest BCUT2D eigenvalue weighted by molar-refractivity contribution is 5.65. The second kappa shape index (κ2) is 3.66. The second-order valence-corrected chi connectivity index (χ2v) is 4.17. The molecule has 2 bridgehead atoms. The number of hydrogen-bond acceptors (Lipinski definition) is 3. The van der Waals surface area contributed by atoms with Gasteiger partial charge in [0.2, 0.25) is 0 Å². The number of fused-ring (bicyclic) bond motifs is 3. The Morgan fingerprint density at radius 2 is 2.15 bits per heavy atom. The molecule has 3 aliphatic rings. The second-order valence-electron chi connectivity index (χ2n) is 4.17.